The molecule has 9 heavy (non-hydrogen) atoms. The molecular formula is C6H17NOS. The van der Waals surface area contributed by atoms with Gasteiger partial charge in [0.25, 0.3) is 0 Å². The highest BCUT2D eigenvalue weighted by Gasteiger charge is 2.08. The average Bonchev–Trinajstić information content (AvgIpc) is 1.63. The van der Waals surface area contributed by atoms with Crippen molar-refractivity contribution in [3.05, 3.63) is 0 Å². The van der Waals surface area contributed by atoms with Crippen LogP contribution < -0.4 is 5.73 Å². The first-order valence-electron chi connectivity index (χ1n) is 3.12. The van der Waals surface area contributed by atoms with Crippen LogP contribution in [0.25, 0.3) is 0 Å². The Labute approximate surface area is 59.8 Å². The van der Waals surface area contributed by atoms with Crippen molar-refractivity contribution in [2.45, 2.75) is 19.1 Å². The van der Waals surface area contributed by atoms with Crippen LogP contribution in [0.5, 0.6) is 0 Å². The molecule has 0 saturated carbocycles. The van der Waals surface area contributed by atoms with Gasteiger partial charge in [0.05, 0.1) is 6.10 Å². The molecule has 2 nitrogen and oxygen atoms in total. The number of aliphatic hydroxyl groups is 1. The van der Waals surface area contributed by atoms with Crippen molar-refractivity contribution in [1.82, 2.24) is 0 Å². The van der Waals surface area contributed by atoms with Gasteiger partial charge in [-0.2, -0.15) is 0 Å². The SMILES string of the molecule is CC(O)[C@H](N)C[SH](C)C. The average molecular weight is 151 g/mol. The molecule has 0 aliphatic heterocycles. The molecule has 0 bridgehead atoms. The fourth-order valence-electron chi connectivity index (χ4n) is 0.574. The fraction of sp³-hybridized carbons (Fsp3) is 1.00. The Balaban J connectivity index is 3.38. The Morgan fingerprint density at radius 1 is 1.56 bits per heavy atom. The number of hydrogen-bond acceptors (Lipinski definition) is 2. The molecule has 0 aromatic heterocycles. The molecule has 0 radical (unpaired) electrons. The zero-order chi connectivity index (χ0) is 7.44. The van der Waals surface area contributed by atoms with Crippen LogP contribution in [0.2, 0.25) is 0 Å². The van der Waals surface area contributed by atoms with Crippen molar-refractivity contribution in [2.75, 3.05) is 18.3 Å². The first-order valence-corrected chi connectivity index (χ1v) is 5.54. The monoisotopic (exact) mass is 151 g/mol. The molecule has 0 aliphatic carbocycles. The third-order valence-electron chi connectivity index (χ3n) is 1.20. The van der Waals surface area contributed by atoms with Gasteiger partial charge >= 0.3 is 0 Å². The second-order valence-corrected chi connectivity index (χ2v) is 5.19. The van der Waals surface area contributed by atoms with Crippen LogP contribution in [0.4, 0.5) is 0 Å². The van der Waals surface area contributed by atoms with Gasteiger partial charge in [-0.25, -0.2) is 0 Å². The molecule has 0 amide bonds. The lowest BCUT2D eigenvalue weighted by Gasteiger charge is -2.18. The summed E-state index contributed by atoms with van der Waals surface area (Å²) in [4.78, 5) is 0. The minimum absolute atomic E-state index is 0.0221. The third kappa shape index (κ3) is 4.75. The minimum atomic E-state index is -0.352. The van der Waals surface area contributed by atoms with E-state index in [1.54, 1.807) is 6.92 Å². The number of nitrogens with two attached hydrogens (primary N) is 1. The van der Waals surface area contributed by atoms with Gasteiger partial charge < -0.3 is 10.8 Å². The highest BCUT2D eigenvalue weighted by Crippen LogP contribution is 2.14. The summed E-state index contributed by atoms with van der Waals surface area (Å²) in [5.41, 5.74) is 5.58. The zero-order valence-corrected chi connectivity index (χ0v) is 7.23. The van der Waals surface area contributed by atoms with Gasteiger partial charge in [-0.15, -0.1) is 0 Å². The van der Waals surface area contributed by atoms with E-state index < -0.39 is 0 Å². The zero-order valence-electron chi connectivity index (χ0n) is 6.33. The first-order chi connectivity index (χ1) is 4.04. The predicted molar refractivity (Wildman–Crippen MR) is 45.4 cm³/mol. The van der Waals surface area contributed by atoms with Gasteiger partial charge in [0.2, 0.25) is 0 Å². The van der Waals surface area contributed by atoms with Crippen molar-refractivity contribution < 1.29 is 5.11 Å². The van der Waals surface area contributed by atoms with Crippen LogP contribution in [-0.4, -0.2) is 35.5 Å². The van der Waals surface area contributed by atoms with E-state index in [1.165, 1.54) is 0 Å². The van der Waals surface area contributed by atoms with Gasteiger partial charge in [-0.1, -0.05) is 0 Å². The lowest BCUT2D eigenvalue weighted by molar-refractivity contribution is 0.172. The lowest BCUT2D eigenvalue weighted by atomic mass is 10.2. The molecule has 0 aromatic rings. The van der Waals surface area contributed by atoms with E-state index in [0.29, 0.717) is 0 Å². The molecule has 0 saturated heterocycles. The molecule has 2 atom stereocenters. The summed E-state index contributed by atoms with van der Waals surface area (Å²) >= 11 is 0. The molecule has 0 heterocycles. The van der Waals surface area contributed by atoms with E-state index in [2.05, 4.69) is 12.5 Å². The Bertz CT molecular complexity index is 75.5. The summed E-state index contributed by atoms with van der Waals surface area (Å²) in [6.07, 6.45) is 3.98. The van der Waals surface area contributed by atoms with Gasteiger partial charge in [-0.3, -0.25) is 10.9 Å². The molecule has 0 fully saturated rings. The number of aliphatic hydroxyl groups excluding tert-OH is 1. The van der Waals surface area contributed by atoms with E-state index >= 15 is 0 Å². The Kier molecular flexibility index (Phi) is 4.27. The molecule has 1 unspecified atom stereocenters. The van der Waals surface area contributed by atoms with Crippen molar-refractivity contribution in [3.8, 4) is 0 Å². The highest BCUT2D eigenvalue weighted by molar-refractivity contribution is 8.15. The maximum atomic E-state index is 8.96. The third-order valence-corrected chi connectivity index (χ3v) is 2.35. The summed E-state index contributed by atoms with van der Waals surface area (Å²) in [5.74, 6) is 0.965. The van der Waals surface area contributed by atoms with Crippen molar-refractivity contribution >= 4 is 10.9 Å². The molecular weight excluding hydrogens is 134 g/mol. The smallest absolute Gasteiger partial charge is 0.0670 e. The van der Waals surface area contributed by atoms with E-state index in [1.807, 2.05) is 0 Å². The van der Waals surface area contributed by atoms with E-state index in [-0.39, 0.29) is 23.0 Å². The second-order valence-electron chi connectivity index (χ2n) is 2.67. The fourth-order valence-corrected chi connectivity index (χ4v) is 1.72. The number of hydrogen-bond donors (Lipinski definition) is 3. The van der Waals surface area contributed by atoms with Gasteiger partial charge in [0.15, 0.2) is 0 Å². The van der Waals surface area contributed by atoms with E-state index in [0.717, 1.165) is 5.75 Å². The van der Waals surface area contributed by atoms with E-state index in [4.69, 9.17) is 10.8 Å². The summed E-state index contributed by atoms with van der Waals surface area (Å²) in [5, 5.41) is 8.96. The van der Waals surface area contributed by atoms with Crippen molar-refractivity contribution in [3.63, 3.8) is 0 Å². The molecule has 0 rings (SSSR count). The Hall–Kier alpha value is 0.270. The summed E-state index contributed by atoms with van der Waals surface area (Å²) in [6.45, 7) is 1.74. The topological polar surface area (TPSA) is 46.2 Å². The van der Waals surface area contributed by atoms with Crippen LogP contribution >= 0.6 is 10.9 Å². The molecule has 3 heteroatoms. The van der Waals surface area contributed by atoms with Crippen molar-refractivity contribution in [2.24, 2.45) is 5.73 Å². The van der Waals surface area contributed by atoms with Crippen LogP contribution in [0.15, 0.2) is 0 Å². The van der Waals surface area contributed by atoms with Crippen LogP contribution in [0.3, 0.4) is 0 Å². The molecule has 3 N–H and O–H groups in total. The molecule has 0 spiro atoms. The Morgan fingerprint density at radius 3 is 2.11 bits per heavy atom. The van der Waals surface area contributed by atoms with Gasteiger partial charge in [0.1, 0.15) is 0 Å². The maximum absolute atomic E-state index is 8.96. The van der Waals surface area contributed by atoms with Crippen LogP contribution in [0, 0.1) is 0 Å². The first kappa shape index (κ1) is 9.27. The largest absolute Gasteiger partial charge is 0.392 e. The summed E-state index contributed by atoms with van der Waals surface area (Å²) in [7, 11) is 0.0427. The highest BCUT2D eigenvalue weighted by atomic mass is 32.2. The van der Waals surface area contributed by atoms with Gasteiger partial charge in [0, 0.05) is 6.04 Å². The molecule has 0 aromatic carbocycles. The molecule has 0 aliphatic rings. The quantitative estimate of drug-likeness (QED) is 0.495. The predicted octanol–water partition coefficient (Wildman–Crippen LogP) is -0.0447. The number of thiol groups is 1. The van der Waals surface area contributed by atoms with Gasteiger partial charge in [-0.05, 0) is 25.2 Å². The summed E-state index contributed by atoms with van der Waals surface area (Å²) < 4.78 is 0. The van der Waals surface area contributed by atoms with Crippen LogP contribution in [0.1, 0.15) is 6.92 Å². The maximum Gasteiger partial charge on any atom is 0.0670 e. The standard InChI is InChI=1S/C6H17NOS/c1-5(8)6(7)4-9(2)3/h5-6,8-9H,4,7H2,1-3H3/t5?,6-/m1/s1. The van der Waals surface area contributed by atoms with Crippen LogP contribution in [-0.2, 0) is 0 Å². The van der Waals surface area contributed by atoms with E-state index in [9.17, 15) is 0 Å². The normalized spacial score (nSPS) is 19.0. The Morgan fingerprint density at radius 2 is 2.00 bits per heavy atom. The number of rotatable bonds is 3. The van der Waals surface area contributed by atoms with Crippen molar-refractivity contribution in [1.29, 1.82) is 0 Å². The minimum Gasteiger partial charge on any atom is -0.392 e. The molecule has 58 valence electrons. The summed E-state index contributed by atoms with van der Waals surface area (Å²) in [6, 6.07) is -0.0221. The second kappa shape index (κ2) is 4.14. The lowest BCUT2D eigenvalue weighted by Crippen LogP contribution is -2.35.